The number of ether oxygens (including phenoxy) is 2. The molecule has 0 unspecified atom stereocenters. The fraction of sp³-hybridized carbons (Fsp3) is 0.182. The zero-order valence-corrected chi connectivity index (χ0v) is 16.1. The molecule has 1 saturated carbocycles. The number of carbonyl (C=O) groups excluding carboxylic acids is 1. The van der Waals surface area contributed by atoms with Gasteiger partial charge in [-0.25, -0.2) is 18.6 Å². The van der Waals surface area contributed by atoms with Gasteiger partial charge in [0.25, 0.3) is 0 Å². The quantitative estimate of drug-likeness (QED) is 0.550. The Balaban J connectivity index is 1.20. The molecule has 31 heavy (non-hydrogen) atoms. The summed E-state index contributed by atoms with van der Waals surface area (Å²) in [6.45, 7) is 0.221. The molecule has 0 saturated heterocycles. The second-order valence-electron chi connectivity index (χ2n) is 7.45. The molecule has 0 spiro atoms. The molecule has 0 radical (unpaired) electrons. The molecule has 3 atom stereocenters. The standard InChI is InChI=1S/C22H18F2N4O3/c23-15-6-7-16(24)21-19(15)18-14(10-30-21)20(18)28-22(29)27-17-8-5-13(9-26-17)31-12-3-1-11(25)2-4-12/h1-9,14,18,20H,10,25H2,(H2,26,27,28,29)/t14-,18-,20-/m1/s1. The Morgan fingerprint density at radius 3 is 2.55 bits per heavy atom. The summed E-state index contributed by atoms with van der Waals surface area (Å²) in [6.07, 6.45) is 1.48. The molecule has 1 aromatic heterocycles. The third-order valence-corrected chi connectivity index (χ3v) is 5.41. The maximum Gasteiger partial charge on any atom is 0.320 e. The van der Waals surface area contributed by atoms with Crippen LogP contribution in [-0.2, 0) is 0 Å². The van der Waals surface area contributed by atoms with Crippen LogP contribution in [0.5, 0.6) is 17.2 Å². The molecule has 7 nitrogen and oxygen atoms in total. The smallest absolute Gasteiger partial charge is 0.320 e. The van der Waals surface area contributed by atoms with Crippen LogP contribution in [0.25, 0.3) is 0 Å². The summed E-state index contributed by atoms with van der Waals surface area (Å²) in [5.74, 6) is -0.187. The van der Waals surface area contributed by atoms with Gasteiger partial charge in [0, 0.05) is 29.1 Å². The van der Waals surface area contributed by atoms with Crippen LogP contribution in [0.4, 0.5) is 25.1 Å². The van der Waals surface area contributed by atoms with Gasteiger partial charge in [-0.3, -0.25) is 5.32 Å². The van der Waals surface area contributed by atoms with Gasteiger partial charge in [0.2, 0.25) is 0 Å². The van der Waals surface area contributed by atoms with Gasteiger partial charge < -0.3 is 20.5 Å². The van der Waals surface area contributed by atoms with E-state index in [4.69, 9.17) is 15.2 Å². The molecule has 1 aliphatic carbocycles. The highest BCUT2D eigenvalue weighted by molar-refractivity contribution is 5.89. The number of halogens is 2. The number of nitrogens with zero attached hydrogens (tertiary/aromatic N) is 1. The monoisotopic (exact) mass is 424 g/mol. The molecule has 2 aliphatic rings. The lowest BCUT2D eigenvalue weighted by atomic mass is 10.0. The predicted molar refractivity (Wildman–Crippen MR) is 109 cm³/mol. The number of pyridine rings is 1. The van der Waals surface area contributed by atoms with Gasteiger partial charge >= 0.3 is 6.03 Å². The largest absolute Gasteiger partial charge is 0.490 e. The van der Waals surface area contributed by atoms with Crippen molar-refractivity contribution in [3.63, 3.8) is 0 Å². The molecule has 0 bridgehead atoms. The molecule has 3 aromatic rings. The number of nitrogens with two attached hydrogens (primary N) is 1. The summed E-state index contributed by atoms with van der Waals surface area (Å²) in [5.41, 5.74) is 6.46. The van der Waals surface area contributed by atoms with E-state index in [1.165, 1.54) is 6.20 Å². The zero-order chi connectivity index (χ0) is 21.5. The first kappa shape index (κ1) is 19.1. The van der Waals surface area contributed by atoms with E-state index in [0.717, 1.165) is 12.1 Å². The second-order valence-corrected chi connectivity index (χ2v) is 7.45. The van der Waals surface area contributed by atoms with Gasteiger partial charge in [-0.05, 0) is 48.5 Å². The van der Waals surface area contributed by atoms with Crippen molar-refractivity contribution in [1.29, 1.82) is 0 Å². The summed E-state index contributed by atoms with van der Waals surface area (Å²) in [7, 11) is 0. The minimum Gasteiger partial charge on any atom is -0.490 e. The Hall–Kier alpha value is -3.88. The fourth-order valence-electron chi connectivity index (χ4n) is 3.85. The highest BCUT2D eigenvalue weighted by Gasteiger charge is 2.57. The van der Waals surface area contributed by atoms with E-state index in [2.05, 4.69) is 15.6 Å². The highest BCUT2D eigenvalue weighted by Crippen LogP contribution is 2.55. The van der Waals surface area contributed by atoms with E-state index in [9.17, 15) is 13.6 Å². The number of aromatic nitrogens is 1. The lowest BCUT2D eigenvalue weighted by molar-refractivity contribution is 0.247. The van der Waals surface area contributed by atoms with Crippen molar-refractivity contribution >= 4 is 17.5 Å². The summed E-state index contributed by atoms with van der Waals surface area (Å²) in [4.78, 5) is 16.5. The first-order valence-electron chi connectivity index (χ1n) is 9.67. The lowest BCUT2D eigenvalue weighted by Crippen LogP contribution is -2.32. The second kappa shape index (κ2) is 7.42. The number of hydrogen-bond acceptors (Lipinski definition) is 5. The maximum absolute atomic E-state index is 14.2. The molecule has 1 fully saturated rings. The van der Waals surface area contributed by atoms with Crippen LogP contribution in [-0.4, -0.2) is 23.7 Å². The molecule has 1 aliphatic heterocycles. The number of hydrogen-bond donors (Lipinski definition) is 3. The first-order valence-corrected chi connectivity index (χ1v) is 9.67. The Morgan fingerprint density at radius 1 is 1.06 bits per heavy atom. The summed E-state index contributed by atoms with van der Waals surface area (Å²) >= 11 is 0. The number of nitrogens with one attached hydrogen (secondary N) is 2. The molecule has 158 valence electrons. The van der Waals surface area contributed by atoms with Crippen molar-refractivity contribution in [3.8, 4) is 17.2 Å². The van der Waals surface area contributed by atoms with E-state index in [-0.39, 0.29) is 35.8 Å². The Labute approximate surface area is 176 Å². The van der Waals surface area contributed by atoms with Crippen molar-refractivity contribution in [1.82, 2.24) is 10.3 Å². The van der Waals surface area contributed by atoms with Crippen LogP contribution in [0.3, 0.4) is 0 Å². The molecule has 9 heteroatoms. The van der Waals surface area contributed by atoms with Crippen LogP contribution in [0.1, 0.15) is 11.5 Å². The van der Waals surface area contributed by atoms with Gasteiger partial charge in [-0.2, -0.15) is 0 Å². The van der Waals surface area contributed by atoms with E-state index in [1.807, 2.05) is 0 Å². The molecule has 5 rings (SSSR count). The van der Waals surface area contributed by atoms with Gasteiger partial charge in [-0.1, -0.05) is 0 Å². The average Bonchev–Trinajstić information content (AvgIpc) is 3.46. The molecule has 2 heterocycles. The third-order valence-electron chi connectivity index (χ3n) is 5.41. The van der Waals surface area contributed by atoms with Crippen LogP contribution in [0, 0.1) is 17.6 Å². The number of amides is 2. The van der Waals surface area contributed by atoms with Crippen LogP contribution < -0.4 is 25.8 Å². The van der Waals surface area contributed by atoms with Gasteiger partial charge in [-0.15, -0.1) is 0 Å². The molecule has 2 amide bonds. The average molecular weight is 424 g/mol. The van der Waals surface area contributed by atoms with Crippen molar-refractivity contribution in [2.45, 2.75) is 12.0 Å². The Kier molecular flexibility index (Phi) is 4.58. The Morgan fingerprint density at radius 2 is 1.81 bits per heavy atom. The van der Waals surface area contributed by atoms with E-state index in [1.54, 1.807) is 36.4 Å². The van der Waals surface area contributed by atoms with Crippen molar-refractivity contribution in [3.05, 3.63) is 71.9 Å². The van der Waals surface area contributed by atoms with E-state index < -0.39 is 17.7 Å². The number of benzene rings is 2. The predicted octanol–water partition coefficient (Wildman–Crippen LogP) is 4.03. The van der Waals surface area contributed by atoms with E-state index >= 15 is 0 Å². The topological polar surface area (TPSA) is 98.5 Å². The number of urea groups is 1. The molecular weight excluding hydrogens is 406 g/mol. The normalized spacial score (nSPS) is 20.6. The van der Waals surface area contributed by atoms with Crippen LogP contribution >= 0.6 is 0 Å². The number of anilines is 2. The van der Waals surface area contributed by atoms with Crippen LogP contribution in [0.15, 0.2) is 54.7 Å². The summed E-state index contributed by atoms with van der Waals surface area (Å²) in [5, 5.41) is 5.42. The van der Waals surface area contributed by atoms with Gasteiger partial charge in [0.1, 0.15) is 23.1 Å². The molecular formula is C22H18F2N4O3. The van der Waals surface area contributed by atoms with E-state index in [0.29, 0.717) is 23.0 Å². The lowest BCUT2D eigenvalue weighted by Gasteiger charge is -2.16. The Bertz CT molecular complexity index is 1140. The van der Waals surface area contributed by atoms with Crippen LogP contribution in [0.2, 0.25) is 0 Å². The van der Waals surface area contributed by atoms with Crippen molar-refractivity contribution in [2.24, 2.45) is 5.92 Å². The highest BCUT2D eigenvalue weighted by atomic mass is 19.1. The maximum atomic E-state index is 14.2. The number of fused-ring (bicyclic) bond motifs is 3. The fourth-order valence-corrected chi connectivity index (χ4v) is 3.85. The van der Waals surface area contributed by atoms with Gasteiger partial charge in [0.15, 0.2) is 11.6 Å². The number of nitrogen functional groups attached to an aromatic ring is 1. The SMILES string of the molecule is Nc1ccc(Oc2ccc(NC(=O)N[C@@H]3[C@@H]4COc5c(F)ccc(F)c5[C@@H]43)nc2)cc1. The van der Waals surface area contributed by atoms with Crippen molar-refractivity contribution < 1.29 is 23.0 Å². The molecule has 4 N–H and O–H groups in total. The number of carbonyl (C=O) groups is 1. The third kappa shape index (κ3) is 3.70. The van der Waals surface area contributed by atoms with Crippen molar-refractivity contribution in [2.75, 3.05) is 17.7 Å². The minimum absolute atomic E-state index is 0.0654. The van der Waals surface area contributed by atoms with Gasteiger partial charge in [0.05, 0.1) is 12.8 Å². The molecule has 2 aromatic carbocycles. The summed E-state index contributed by atoms with van der Waals surface area (Å²) < 4.78 is 39.1. The first-order chi connectivity index (χ1) is 15.0. The zero-order valence-electron chi connectivity index (χ0n) is 16.1. The minimum atomic E-state index is -0.601. The summed E-state index contributed by atoms with van der Waals surface area (Å²) in [6, 6.07) is 11.5. The number of rotatable bonds is 4.